The Kier molecular flexibility index (Phi) is 8.02. The number of hydrogen-bond acceptors (Lipinski definition) is 2. The Morgan fingerprint density at radius 2 is 1.17 bits per heavy atom. The summed E-state index contributed by atoms with van der Waals surface area (Å²) in [5.41, 5.74) is 9.49. The zero-order chi connectivity index (χ0) is 32.7. The molecule has 7 aromatic rings. The number of para-hydroxylation sites is 4. The van der Waals surface area contributed by atoms with Crippen LogP contribution in [0.5, 0.6) is 0 Å². The van der Waals surface area contributed by atoms with Gasteiger partial charge in [-0.05, 0) is 47.2 Å². The van der Waals surface area contributed by atoms with Crippen molar-refractivity contribution < 1.29 is 0 Å². The Morgan fingerprint density at radius 3 is 1.81 bits per heavy atom. The van der Waals surface area contributed by atoms with Gasteiger partial charge in [0.05, 0.1) is 16.7 Å². The van der Waals surface area contributed by atoms with Crippen molar-refractivity contribution in [2.24, 2.45) is 0 Å². The first kappa shape index (κ1) is 30.6. The van der Waals surface area contributed by atoms with Gasteiger partial charge < -0.3 is 0 Å². The van der Waals surface area contributed by atoms with Gasteiger partial charge in [-0.25, -0.2) is 9.97 Å². The number of rotatable bonds is 8. The molecule has 2 heterocycles. The van der Waals surface area contributed by atoms with Crippen LogP contribution in [-0.2, 0) is 0 Å². The molecule has 0 radical (unpaired) electrons. The molecule has 0 atom stereocenters. The summed E-state index contributed by atoms with van der Waals surface area (Å²) >= 11 is 0. The van der Waals surface area contributed by atoms with E-state index in [9.17, 15) is 0 Å². The molecule has 0 aliphatic carbocycles. The van der Waals surface area contributed by atoms with Gasteiger partial charge in [0, 0.05) is 29.2 Å². The topological polar surface area (TPSA) is 35.6 Å². The number of benzene rings is 5. The highest BCUT2D eigenvalue weighted by molar-refractivity contribution is 7.00. The molecule has 0 aliphatic heterocycles. The van der Waals surface area contributed by atoms with Crippen molar-refractivity contribution in [3.8, 4) is 34.2 Å². The molecule has 0 bridgehead atoms. The Bertz CT molecular complexity index is 2160. The first-order valence-corrected chi connectivity index (χ1v) is 19.7. The molecule has 0 fully saturated rings. The average Bonchev–Trinajstić information content (AvgIpc) is 3.74. The van der Waals surface area contributed by atoms with Crippen molar-refractivity contribution >= 4 is 29.5 Å². The number of fused-ring (bicyclic) bond motifs is 1. The van der Waals surface area contributed by atoms with E-state index in [1.54, 1.807) is 0 Å². The van der Waals surface area contributed by atoms with E-state index >= 15 is 0 Å². The lowest BCUT2D eigenvalue weighted by Gasteiger charge is -2.26. The molecule has 5 heteroatoms. The van der Waals surface area contributed by atoms with Crippen LogP contribution in [0.15, 0.2) is 134 Å². The molecule has 0 N–H and O–H groups in total. The van der Waals surface area contributed by atoms with E-state index in [1.807, 2.05) is 18.5 Å². The van der Waals surface area contributed by atoms with Crippen LogP contribution in [0.2, 0.25) is 13.1 Å². The molecular formula is C42H42N4Si. The van der Waals surface area contributed by atoms with Crippen molar-refractivity contribution in [2.75, 3.05) is 0 Å². The Morgan fingerprint density at radius 1 is 0.596 bits per heavy atom. The van der Waals surface area contributed by atoms with E-state index < -0.39 is 8.07 Å². The molecule has 2 aromatic heterocycles. The molecular weight excluding hydrogens is 589 g/mol. The van der Waals surface area contributed by atoms with Gasteiger partial charge in [-0.15, -0.1) is 0 Å². The SMILES string of the molecule is CC(C)c1cccc(C(C)C)c1-n1c(-c2cccc([Si](C)(C)c3cccc(-c4nccn4-c4ccccc4)c3)c2)nc2ccccc21. The fourth-order valence-electron chi connectivity index (χ4n) is 6.79. The van der Waals surface area contributed by atoms with Crippen LogP contribution < -0.4 is 10.4 Å². The maximum absolute atomic E-state index is 5.31. The number of imidazole rings is 2. The Labute approximate surface area is 279 Å². The van der Waals surface area contributed by atoms with Crippen molar-refractivity contribution in [3.63, 3.8) is 0 Å². The van der Waals surface area contributed by atoms with Crippen molar-refractivity contribution in [1.29, 1.82) is 0 Å². The second kappa shape index (κ2) is 12.3. The third-order valence-electron chi connectivity index (χ3n) is 9.49. The normalized spacial score (nSPS) is 12.0. The van der Waals surface area contributed by atoms with Gasteiger partial charge in [0.2, 0.25) is 0 Å². The summed E-state index contributed by atoms with van der Waals surface area (Å²) in [5, 5.41) is 2.74. The molecule has 0 saturated heterocycles. The molecule has 7 rings (SSSR count). The largest absolute Gasteiger partial charge is 0.300 e. The molecule has 0 aliphatic rings. The van der Waals surface area contributed by atoms with Crippen molar-refractivity contribution in [1.82, 2.24) is 19.1 Å². The van der Waals surface area contributed by atoms with E-state index in [4.69, 9.17) is 9.97 Å². The lowest BCUT2D eigenvalue weighted by Crippen LogP contribution is -2.52. The summed E-state index contributed by atoms with van der Waals surface area (Å²) in [5.74, 6) is 2.70. The van der Waals surface area contributed by atoms with Crippen molar-refractivity contribution in [3.05, 3.63) is 145 Å². The predicted molar refractivity (Wildman–Crippen MR) is 200 cm³/mol. The van der Waals surface area contributed by atoms with Crippen LogP contribution in [0.3, 0.4) is 0 Å². The second-order valence-electron chi connectivity index (χ2n) is 13.6. The van der Waals surface area contributed by atoms with Crippen molar-refractivity contribution in [2.45, 2.75) is 52.6 Å². The fourth-order valence-corrected chi connectivity index (χ4v) is 9.18. The minimum Gasteiger partial charge on any atom is -0.300 e. The van der Waals surface area contributed by atoms with E-state index in [1.165, 1.54) is 27.2 Å². The van der Waals surface area contributed by atoms with Gasteiger partial charge >= 0.3 is 0 Å². The van der Waals surface area contributed by atoms with Crippen LogP contribution in [0.1, 0.15) is 50.7 Å². The fraction of sp³-hybridized carbons (Fsp3) is 0.190. The summed E-state index contributed by atoms with van der Waals surface area (Å²) in [6.07, 6.45) is 3.92. The summed E-state index contributed by atoms with van der Waals surface area (Å²) in [6.45, 7) is 14.0. The van der Waals surface area contributed by atoms with Crippen LogP contribution >= 0.6 is 0 Å². The summed E-state index contributed by atoms with van der Waals surface area (Å²) in [7, 11) is -2.13. The molecule has 234 valence electrons. The Hall–Kier alpha value is -5.00. The minimum atomic E-state index is -2.13. The summed E-state index contributed by atoms with van der Waals surface area (Å²) in [6, 6.07) is 43.9. The van der Waals surface area contributed by atoms with Crippen LogP contribution in [0, 0.1) is 0 Å². The number of hydrogen-bond donors (Lipinski definition) is 0. The van der Waals surface area contributed by atoms with Gasteiger partial charge in [0.1, 0.15) is 19.7 Å². The lowest BCUT2D eigenvalue weighted by molar-refractivity contribution is 0.811. The first-order chi connectivity index (χ1) is 22.7. The highest BCUT2D eigenvalue weighted by Gasteiger charge is 2.28. The zero-order valence-corrected chi connectivity index (χ0v) is 29.1. The molecule has 0 spiro atoms. The lowest BCUT2D eigenvalue weighted by atomic mass is 9.92. The third-order valence-corrected chi connectivity index (χ3v) is 13.0. The molecule has 47 heavy (non-hydrogen) atoms. The van der Waals surface area contributed by atoms with E-state index in [2.05, 4.69) is 165 Å². The van der Waals surface area contributed by atoms with Gasteiger partial charge in [-0.1, -0.05) is 148 Å². The summed E-state index contributed by atoms with van der Waals surface area (Å²) in [4.78, 5) is 10.1. The third kappa shape index (κ3) is 5.55. The second-order valence-corrected chi connectivity index (χ2v) is 18.0. The molecule has 0 amide bonds. The molecule has 4 nitrogen and oxygen atoms in total. The quantitative estimate of drug-likeness (QED) is 0.157. The maximum atomic E-state index is 5.31. The Balaban J connectivity index is 1.35. The first-order valence-electron chi connectivity index (χ1n) is 16.7. The van der Waals surface area contributed by atoms with Gasteiger partial charge in [-0.3, -0.25) is 9.13 Å². The minimum absolute atomic E-state index is 0.375. The van der Waals surface area contributed by atoms with Gasteiger partial charge in [0.25, 0.3) is 0 Å². The predicted octanol–water partition coefficient (Wildman–Crippen LogP) is 9.61. The number of nitrogens with zero attached hydrogens (tertiary/aromatic N) is 4. The smallest absolute Gasteiger partial charge is 0.145 e. The standard InChI is InChI=1S/C42H42N4Si/c1-29(2)36-21-14-22-37(30(3)4)40(36)46-39-24-11-10-23-38(39)44-42(46)32-16-13-20-35(28-32)47(5,6)34-19-12-15-31(27-34)41-43-25-26-45(41)33-17-8-7-9-18-33/h7-30H,1-6H3. The van der Waals surface area contributed by atoms with Crippen LogP contribution in [0.4, 0.5) is 0 Å². The summed E-state index contributed by atoms with van der Waals surface area (Å²) < 4.78 is 4.59. The average molecular weight is 631 g/mol. The zero-order valence-electron chi connectivity index (χ0n) is 28.1. The number of aromatic nitrogens is 4. The molecule has 0 saturated carbocycles. The molecule has 0 unspecified atom stereocenters. The van der Waals surface area contributed by atoms with Gasteiger partial charge in [-0.2, -0.15) is 0 Å². The van der Waals surface area contributed by atoms with Gasteiger partial charge in [0.15, 0.2) is 0 Å². The maximum Gasteiger partial charge on any atom is 0.145 e. The monoisotopic (exact) mass is 630 g/mol. The van der Waals surface area contributed by atoms with E-state index in [0.717, 1.165) is 39.5 Å². The van der Waals surface area contributed by atoms with Crippen LogP contribution in [-0.4, -0.2) is 27.2 Å². The highest BCUT2D eigenvalue weighted by atomic mass is 28.3. The molecule has 5 aromatic carbocycles. The van der Waals surface area contributed by atoms with E-state index in [-0.39, 0.29) is 0 Å². The van der Waals surface area contributed by atoms with E-state index in [0.29, 0.717) is 11.8 Å². The van der Waals surface area contributed by atoms with Crippen LogP contribution in [0.25, 0.3) is 45.2 Å². The highest BCUT2D eigenvalue weighted by Crippen LogP contribution is 2.37.